The van der Waals surface area contributed by atoms with Gasteiger partial charge in [-0.25, -0.2) is 0 Å². The van der Waals surface area contributed by atoms with E-state index in [1.165, 1.54) is 95.5 Å². The van der Waals surface area contributed by atoms with Gasteiger partial charge in [-0.15, -0.1) is 0 Å². The minimum absolute atomic E-state index is 0.108. The van der Waals surface area contributed by atoms with E-state index in [0.29, 0.717) is 25.2 Å². The maximum Gasteiger partial charge on any atom is 0.306 e. The normalized spacial score (nSPS) is 11.2. The van der Waals surface area contributed by atoms with E-state index in [-0.39, 0.29) is 5.97 Å². The second-order valence-corrected chi connectivity index (χ2v) is 10.4. The van der Waals surface area contributed by atoms with Gasteiger partial charge in [0.2, 0.25) is 0 Å². The fourth-order valence-electron chi connectivity index (χ4n) is 4.88. The first-order chi connectivity index (χ1) is 16.4. The van der Waals surface area contributed by atoms with Crippen molar-refractivity contribution in [3.8, 4) is 5.75 Å². The third kappa shape index (κ3) is 12.3. The Morgan fingerprint density at radius 2 is 1.00 bits per heavy atom. The monoisotopic (exact) mass is 474 g/mol. The van der Waals surface area contributed by atoms with Gasteiger partial charge in [0.25, 0.3) is 0 Å². The first kappa shape index (κ1) is 30.5. The number of unbranched alkanes of at least 4 members (excludes halogenated alkanes) is 15. The predicted molar refractivity (Wildman–Crippen MR) is 146 cm³/mol. The van der Waals surface area contributed by atoms with Gasteiger partial charge in [0.05, 0.1) is 6.61 Å². The van der Waals surface area contributed by atoms with Gasteiger partial charge in [-0.2, -0.15) is 0 Å². The number of ether oxygens (including phenoxy) is 1. The lowest BCUT2D eigenvalue weighted by molar-refractivity contribution is -0.143. The standard InChI is InChI=1S/C31H54O3/c1-6-7-8-9-10-11-12-13-14-15-16-17-18-19-20-21-24-34-30(32)23-22-29-25(2)27(4)31(33)28(5)26(29)3/h33H,6-24H2,1-5H3. The molecule has 34 heavy (non-hydrogen) atoms. The highest BCUT2D eigenvalue weighted by Crippen LogP contribution is 2.32. The molecule has 0 radical (unpaired) electrons. The van der Waals surface area contributed by atoms with Gasteiger partial charge >= 0.3 is 5.97 Å². The lowest BCUT2D eigenvalue weighted by atomic mass is 9.90. The average Bonchev–Trinajstić information content (AvgIpc) is 2.83. The van der Waals surface area contributed by atoms with Gasteiger partial charge in [0.15, 0.2) is 0 Å². The molecule has 0 aliphatic rings. The molecule has 196 valence electrons. The van der Waals surface area contributed by atoms with Crippen LogP contribution in [0.25, 0.3) is 0 Å². The zero-order chi connectivity index (χ0) is 25.2. The maximum atomic E-state index is 12.2. The Morgan fingerprint density at radius 1 is 0.618 bits per heavy atom. The van der Waals surface area contributed by atoms with Gasteiger partial charge in [-0.1, -0.05) is 103 Å². The first-order valence-corrected chi connectivity index (χ1v) is 14.3. The molecular formula is C31H54O3. The molecule has 1 aromatic carbocycles. The highest BCUT2D eigenvalue weighted by molar-refractivity contribution is 5.70. The highest BCUT2D eigenvalue weighted by atomic mass is 16.5. The Bertz CT molecular complexity index is 663. The molecule has 0 heterocycles. The van der Waals surface area contributed by atoms with Crippen molar-refractivity contribution in [1.29, 1.82) is 0 Å². The summed E-state index contributed by atoms with van der Waals surface area (Å²) in [5.41, 5.74) is 5.18. The third-order valence-electron chi connectivity index (χ3n) is 7.58. The topological polar surface area (TPSA) is 46.5 Å². The van der Waals surface area contributed by atoms with Crippen LogP contribution in [-0.4, -0.2) is 17.7 Å². The van der Waals surface area contributed by atoms with Crippen LogP contribution in [0.4, 0.5) is 0 Å². The summed E-state index contributed by atoms with van der Waals surface area (Å²) in [4.78, 5) is 12.2. The summed E-state index contributed by atoms with van der Waals surface area (Å²) in [6.45, 7) is 10.8. The van der Waals surface area contributed by atoms with Gasteiger partial charge in [-0.05, 0) is 68.4 Å². The largest absolute Gasteiger partial charge is 0.507 e. The second kappa shape index (κ2) is 18.8. The van der Waals surface area contributed by atoms with Crippen molar-refractivity contribution < 1.29 is 14.6 Å². The molecule has 0 saturated carbocycles. The van der Waals surface area contributed by atoms with E-state index in [0.717, 1.165) is 35.1 Å². The number of esters is 1. The molecule has 0 spiro atoms. The molecule has 1 N–H and O–H groups in total. The Balaban J connectivity index is 1.96. The van der Waals surface area contributed by atoms with Crippen LogP contribution in [0.2, 0.25) is 0 Å². The molecule has 0 saturated heterocycles. The average molecular weight is 475 g/mol. The van der Waals surface area contributed by atoms with Crippen LogP contribution < -0.4 is 0 Å². The summed E-state index contributed by atoms with van der Waals surface area (Å²) in [6, 6.07) is 0. The van der Waals surface area contributed by atoms with Crippen molar-refractivity contribution in [1.82, 2.24) is 0 Å². The van der Waals surface area contributed by atoms with Crippen LogP contribution in [0.15, 0.2) is 0 Å². The fourth-order valence-corrected chi connectivity index (χ4v) is 4.88. The quantitative estimate of drug-likeness (QED) is 0.151. The second-order valence-electron chi connectivity index (χ2n) is 10.4. The molecule has 3 nitrogen and oxygen atoms in total. The predicted octanol–water partition coefficient (Wildman–Crippen LogP) is 9.36. The van der Waals surface area contributed by atoms with E-state index in [9.17, 15) is 9.90 Å². The van der Waals surface area contributed by atoms with E-state index >= 15 is 0 Å². The SMILES string of the molecule is CCCCCCCCCCCCCCCCCCOC(=O)CCc1c(C)c(C)c(O)c(C)c1C. The van der Waals surface area contributed by atoms with E-state index < -0.39 is 0 Å². The number of phenolic OH excluding ortho intramolecular Hbond substituents is 1. The van der Waals surface area contributed by atoms with Crippen LogP contribution in [0, 0.1) is 27.7 Å². The van der Waals surface area contributed by atoms with Crippen LogP contribution in [0.5, 0.6) is 5.75 Å². The molecule has 1 rings (SSSR count). The van der Waals surface area contributed by atoms with Crippen LogP contribution in [0.3, 0.4) is 0 Å². The van der Waals surface area contributed by atoms with Crippen molar-refractivity contribution >= 4 is 5.97 Å². The molecule has 0 amide bonds. The first-order valence-electron chi connectivity index (χ1n) is 14.3. The van der Waals surface area contributed by atoms with E-state index in [1.807, 2.05) is 27.7 Å². The molecule has 3 heteroatoms. The summed E-state index contributed by atoms with van der Waals surface area (Å²) >= 11 is 0. The number of phenols is 1. The number of hydrogen-bond donors (Lipinski definition) is 1. The number of aromatic hydroxyl groups is 1. The number of rotatable bonds is 20. The number of carbonyl (C=O) groups excluding carboxylic acids is 1. The molecule has 0 aliphatic heterocycles. The molecule has 0 aromatic heterocycles. The van der Waals surface area contributed by atoms with Crippen LogP contribution >= 0.6 is 0 Å². The van der Waals surface area contributed by atoms with Crippen molar-refractivity contribution in [2.24, 2.45) is 0 Å². The fraction of sp³-hybridized carbons (Fsp3) is 0.774. The maximum absolute atomic E-state index is 12.2. The van der Waals surface area contributed by atoms with Gasteiger partial charge in [0, 0.05) is 6.42 Å². The summed E-state index contributed by atoms with van der Waals surface area (Å²) in [5, 5.41) is 10.2. The summed E-state index contributed by atoms with van der Waals surface area (Å²) in [7, 11) is 0. The zero-order valence-corrected chi connectivity index (χ0v) is 23.2. The third-order valence-corrected chi connectivity index (χ3v) is 7.58. The number of hydrogen-bond acceptors (Lipinski definition) is 3. The van der Waals surface area contributed by atoms with Gasteiger partial charge in [0.1, 0.15) is 5.75 Å². The Hall–Kier alpha value is -1.51. The highest BCUT2D eigenvalue weighted by Gasteiger charge is 2.15. The van der Waals surface area contributed by atoms with Gasteiger partial charge in [-0.3, -0.25) is 4.79 Å². The number of benzene rings is 1. The Labute approximate surface area is 211 Å². The molecule has 0 aliphatic carbocycles. The summed E-state index contributed by atoms with van der Waals surface area (Å²) in [6.07, 6.45) is 22.6. The Kier molecular flexibility index (Phi) is 16.9. The lowest BCUT2D eigenvalue weighted by Gasteiger charge is -2.17. The lowest BCUT2D eigenvalue weighted by Crippen LogP contribution is -2.09. The minimum atomic E-state index is -0.108. The van der Waals surface area contributed by atoms with Crippen LogP contribution in [0.1, 0.15) is 144 Å². The van der Waals surface area contributed by atoms with Gasteiger partial charge < -0.3 is 9.84 Å². The van der Waals surface area contributed by atoms with E-state index in [4.69, 9.17) is 4.74 Å². The molecule has 1 aromatic rings. The molecule has 0 fully saturated rings. The zero-order valence-electron chi connectivity index (χ0n) is 23.2. The summed E-state index contributed by atoms with van der Waals surface area (Å²) in [5.74, 6) is 0.271. The smallest absolute Gasteiger partial charge is 0.306 e. The van der Waals surface area contributed by atoms with E-state index in [2.05, 4.69) is 6.92 Å². The molecule has 0 unspecified atom stereocenters. The molecular weight excluding hydrogens is 420 g/mol. The van der Waals surface area contributed by atoms with E-state index in [1.54, 1.807) is 0 Å². The minimum Gasteiger partial charge on any atom is -0.507 e. The molecule has 0 bridgehead atoms. The van der Waals surface area contributed by atoms with Crippen molar-refractivity contribution in [2.75, 3.05) is 6.61 Å². The number of carbonyl (C=O) groups is 1. The van der Waals surface area contributed by atoms with Crippen molar-refractivity contribution in [3.05, 3.63) is 27.8 Å². The summed E-state index contributed by atoms with van der Waals surface area (Å²) < 4.78 is 5.46. The molecule has 0 atom stereocenters. The van der Waals surface area contributed by atoms with Crippen LogP contribution in [-0.2, 0) is 16.0 Å². The Morgan fingerprint density at radius 3 is 1.41 bits per heavy atom. The van der Waals surface area contributed by atoms with Crippen molar-refractivity contribution in [3.63, 3.8) is 0 Å². The van der Waals surface area contributed by atoms with Crippen molar-refractivity contribution in [2.45, 2.75) is 150 Å².